The first-order valence-corrected chi connectivity index (χ1v) is 10.8. The van der Waals surface area contributed by atoms with Crippen LogP contribution in [0.15, 0.2) is 52.7 Å². The standard InChI is InChI=1S/C22H22F3N3O4.C2H6/c1-14(27-28(26-2)17-5-3-16(4-6-17)22(23,24)25)9-10-31-18-7-8-19-15(11-21(29)30)13-32-20(19)12-18;1-2/h3-8,12,15H,2,9-11,13H2,1H3,(H,29,30);1-2H3/b27-14-;. The van der Waals surface area contributed by atoms with E-state index in [0.717, 1.165) is 22.8 Å². The van der Waals surface area contributed by atoms with Gasteiger partial charge in [0.05, 0.1) is 30.9 Å². The molecule has 2 aromatic carbocycles. The van der Waals surface area contributed by atoms with Gasteiger partial charge in [-0.1, -0.05) is 19.9 Å². The van der Waals surface area contributed by atoms with Gasteiger partial charge >= 0.3 is 12.1 Å². The molecule has 0 amide bonds. The van der Waals surface area contributed by atoms with Gasteiger partial charge in [0, 0.05) is 36.4 Å². The number of nitrogens with zero attached hydrogens (tertiary/aromatic N) is 3. The quantitative estimate of drug-likeness (QED) is 0.355. The van der Waals surface area contributed by atoms with E-state index in [-0.39, 0.29) is 12.3 Å². The summed E-state index contributed by atoms with van der Waals surface area (Å²) >= 11 is 0. The van der Waals surface area contributed by atoms with Gasteiger partial charge in [-0.05, 0) is 37.3 Å². The number of hydrazone groups is 2. The third kappa shape index (κ3) is 7.23. The molecule has 1 aliphatic heterocycles. The third-order valence-corrected chi connectivity index (χ3v) is 4.84. The van der Waals surface area contributed by atoms with Gasteiger partial charge in [0.25, 0.3) is 0 Å². The van der Waals surface area contributed by atoms with Crippen molar-refractivity contribution in [2.24, 2.45) is 10.2 Å². The number of ether oxygens (including phenoxy) is 2. The summed E-state index contributed by atoms with van der Waals surface area (Å²) in [4.78, 5) is 10.9. The van der Waals surface area contributed by atoms with Crippen LogP contribution in [-0.4, -0.2) is 36.7 Å². The highest BCUT2D eigenvalue weighted by molar-refractivity contribution is 5.83. The molecule has 0 fully saturated rings. The van der Waals surface area contributed by atoms with Gasteiger partial charge in [-0.15, -0.1) is 0 Å². The minimum atomic E-state index is -4.42. The Hall–Kier alpha value is -3.56. The first kappa shape index (κ1) is 26.7. The Kier molecular flexibility index (Phi) is 9.47. The van der Waals surface area contributed by atoms with E-state index in [1.165, 1.54) is 12.1 Å². The molecule has 1 heterocycles. The average molecular weight is 479 g/mol. The number of carboxylic acid groups (broad SMARTS) is 1. The van der Waals surface area contributed by atoms with Crippen molar-refractivity contribution in [1.29, 1.82) is 0 Å². The highest BCUT2D eigenvalue weighted by Crippen LogP contribution is 2.38. The van der Waals surface area contributed by atoms with Crippen LogP contribution in [0.2, 0.25) is 0 Å². The van der Waals surface area contributed by atoms with Crippen molar-refractivity contribution in [1.82, 2.24) is 0 Å². The molecule has 2 aromatic rings. The number of anilines is 1. The Morgan fingerprint density at radius 2 is 1.91 bits per heavy atom. The van der Waals surface area contributed by atoms with E-state index in [0.29, 0.717) is 42.5 Å². The Balaban J connectivity index is 0.00000199. The molecule has 34 heavy (non-hydrogen) atoms. The van der Waals surface area contributed by atoms with Crippen LogP contribution in [-0.2, 0) is 11.0 Å². The third-order valence-electron chi connectivity index (χ3n) is 4.84. The molecule has 3 rings (SSSR count). The van der Waals surface area contributed by atoms with Crippen LogP contribution in [0, 0.1) is 0 Å². The van der Waals surface area contributed by atoms with Gasteiger partial charge in [-0.25, -0.2) is 0 Å². The molecule has 1 aliphatic rings. The number of alkyl halides is 3. The van der Waals surface area contributed by atoms with Crippen LogP contribution < -0.4 is 14.6 Å². The number of fused-ring (bicyclic) bond motifs is 1. The number of rotatable bonds is 9. The summed E-state index contributed by atoms with van der Waals surface area (Å²) in [6.45, 7) is 9.78. The van der Waals surface area contributed by atoms with Crippen LogP contribution in [0.4, 0.5) is 18.9 Å². The zero-order valence-electron chi connectivity index (χ0n) is 19.3. The van der Waals surface area contributed by atoms with E-state index in [1.807, 2.05) is 13.8 Å². The lowest BCUT2D eigenvalue weighted by Crippen LogP contribution is -2.13. The lowest BCUT2D eigenvalue weighted by Gasteiger charge is -2.15. The van der Waals surface area contributed by atoms with Gasteiger partial charge in [0.1, 0.15) is 11.5 Å². The molecular weight excluding hydrogens is 451 g/mol. The highest BCUT2D eigenvalue weighted by atomic mass is 19.4. The SMILES string of the molecule is C=NN(/N=C(/C)CCOc1ccc2c(c1)OCC2CC(=O)O)c1ccc(C(F)(F)F)cc1.CC. The molecule has 0 spiro atoms. The van der Waals surface area contributed by atoms with E-state index in [9.17, 15) is 18.0 Å². The zero-order chi connectivity index (χ0) is 25.3. The number of aliphatic carboxylic acids is 1. The van der Waals surface area contributed by atoms with Crippen molar-refractivity contribution in [3.8, 4) is 11.5 Å². The molecule has 1 atom stereocenters. The largest absolute Gasteiger partial charge is 0.493 e. The molecule has 10 heteroatoms. The van der Waals surface area contributed by atoms with Crippen molar-refractivity contribution >= 4 is 24.1 Å². The summed E-state index contributed by atoms with van der Waals surface area (Å²) in [6.07, 6.45) is -3.97. The van der Waals surface area contributed by atoms with E-state index in [1.54, 1.807) is 25.1 Å². The molecule has 0 aliphatic carbocycles. The molecule has 184 valence electrons. The number of benzene rings is 2. The van der Waals surface area contributed by atoms with Gasteiger partial charge < -0.3 is 14.6 Å². The number of halogens is 3. The molecule has 0 bridgehead atoms. The van der Waals surface area contributed by atoms with Gasteiger partial charge in [-0.2, -0.15) is 28.5 Å². The Morgan fingerprint density at radius 1 is 1.24 bits per heavy atom. The summed E-state index contributed by atoms with van der Waals surface area (Å²) < 4.78 is 49.4. The van der Waals surface area contributed by atoms with Crippen LogP contribution in [0.25, 0.3) is 0 Å². The van der Waals surface area contributed by atoms with E-state index >= 15 is 0 Å². The van der Waals surface area contributed by atoms with Crippen LogP contribution in [0.5, 0.6) is 11.5 Å². The van der Waals surface area contributed by atoms with Gasteiger partial charge in [-0.3, -0.25) is 4.79 Å². The minimum Gasteiger partial charge on any atom is -0.493 e. The predicted molar refractivity (Wildman–Crippen MR) is 125 cm³/mol. The maximum atomic E-state index is 12.7. The maximum absolute atomic E-state index is 12.7. The van der Waals surface area contributed by atoms with Crippen molar-refractivity contribution < 1.29 is 32.5 Å². The summed E-state index contributed by atoms with van der Waals surface area (Å²) in [7, 11) is 0. The number of hydrogen-bond acceptors (Lipinski definition) is 6. The van der Waals surface area contributed by atoms with Crippen molar-refractivity contribution in [2.75, 3.05) is 18.3 Å². The predicted octanol–water partition coefficient (Wildman–Crippen LogP) is 5.95. The second-order valence-corrected chi connectivity index (χ2v) is 7.21. The Labute approximate surface area is 196 Å². The normalized spacial score (nSPS) is 14.9. The first-order valence-electron chi connectivity index (χ1n) is 10.8. The minimum absolute atomic E-state index is 0.00956. The van der Waals surface area contributed by atoms with Crippen molar-refractivity contribution in [2.45, 2.75) is 45.7 Å². The Bertz CT molecular complexity index is 1010. The summed E-state index contributed by atoms with van der Waals surface area (Å²) in [5.41, 5.74) is 1.07. The van der Waals surface area contributed by atoms with Crippen LogP contribution in [0.3, 0.4) is 0 Å². The summed E-state index contributed by atoms with van der Waals surface area (Å²) in [5, 5.41) is 18.1. The topological polar surface area (TPSA) is 83.7 Å². The molecule has 0 aromatic heterocycles. The highest BCUT2D eigenvalue weighted by Gasteiger charge is 2.30. The van der Waals surface area contributed by atoms with E-state index in [4.69, 9.17) is 14.6 Å². The molecule has 0 saturated heterocycles. The number of carbonyl (C=O) groups is 1. The first-order chi connectivity index (χ1) is 16.2. The van der Waals surface area contributed by atoms with Gasteiger partial charge in [0.15, 0.2) is 0 Å². The number of hydrogen-bond donors (Lipinski definition) is 1. The monoisotopic (exact) mass is 479 g/mol. The fourth-order valence-electron chi connectivity index (χ4n) is 3.21. The van der Waals surface area contributed by atoms with Crippen molar-refractivity contribution in [3.05, 3.63) is 53.6 Å². The molecule has 0 radical (unpaired) electrons. The second kappa shape index (κ2) is 12.1. The van der Waals surface area contributed by atoms with Crippen LogP contribution in [0.1, 0.15) is 50.7 Å². The molecule has 7 nitrogen and oxygen atoms in total. The zero-order valence-corrected chi connectivity index (χ0v) is 19.3. The smallest absolute Gasteiger partial charge is 0.416 e. The van der Waals surface area contributed by atoms with E-state index in [2.05, 4.69) is 16.9 Å². The average Bonchev–Trinajstić information content (AvgIpc) is 3.19. The van der Waals surface area contributed by atoms with E-state index < -0.39 is 17.7 Å². The Morgan fingerprint density at radius 3 is 2.50 bits per heavy atom. The lowest BCUT2D eigenvalue weighted by molar-refractivity contribution is -0.138. The molecule has 1 N–H and O–H groups in total. The molecule has 0 saturated carbocycles. The van der Waals surface area contributed by atoms with Crippen LogP contribution >= 0.6 is 0 Å². The summed E-state index contributed by atoms with van der Waals surface area (Å²) in [5.74, 6) is 0.145. The molecule has 1 unspecified atom stereocenters. The fraction of sp³-hybridized carbons (Fsp3) is 0.375. The fourth-order valence-corrected chi connectivity index (χ4v) is 3.21. The van der Waals surface area contributed by atoms with Gasteiger partial charge in [0.2, 0.25) is 0 Å². The second-order valence-electron chi connectivity index (χ2n) is 7.21. The summed E-state index contributed by atoms with van der Waals surface area (Å²) in [6, 6.07) is 9.75. The maximum Gasteiger partial charge on any atom is 0.416 e. The molecular formula is C24H28F3N3O4. The lowest BCUT2D eigenvalue weighted by atomic mass is 9.98. The van der Waals surface area contributed by atoms with Crippen molar-refractivity contribution in [3.63, 3.8) is 0 Å². The number of carboxylic acids is 1.